The zero-order valence-electron chi connectivity index (χ0n) is 15.6. The van der Waals surface area contributed by atoms with Crippen LogP contribution in [0.5, 0.6) is 0 Å². The topological polar surface area (TPSA) is 59.1 Å². The number of benzene rings is 2. The molecule has 28 heavy (non-hydrogen) atoms. The maximum absolute atomic E-state index is 5.97. The van der Waals surface area contributed by atoms with Crippen molar-refractivity contribution in [2.45, 2.75) is 25.5 Å². The molecule has 0 amide bonds. The molecule has 2 aromatic carbocycles. The number of aromatic nitrogens is 2. The van der Waals surface area contributed by atoms with Gasteiger partial charge in [-0.1, -0.05) is 54.1 Å². The van der Waals surface area contributed by atoms with Gasteiger partial charge < -0.3 is 15.4 Å². The highest BCUT2D eigenvalue weighted by molar-refractivity contribution is 6.30. The molecule has 5 nitrogen and oxygen atoms in total. The standard InChI is InChI=1S/C22H23ClN4O/c23-18-10-8-16(9-11-18)14-24-20-13-21(25-15-19-7-4-12-28-19)27-22(26-20)17-5-2-1-3-6-17/h1-3,5-6,8-11,13,19H,4,7,12,14-15H2,(H2,24,25,26,27). The molecule has 1 fully saturated rings. The molecular formula is C22H23ClN4O. The van der Waals surface area contributed by atoms with Crippen molar-refractivity contribution in [3.05, 3.63) is 71.2 Å². The quantitative estimate of drug-likeness (QED) is 0.590. The summed E-state index contributed by atoms with van der Waals surface area (Å²) in [6.07, 6.45) is 2.46. The summed E-state index contributed by atoms with van der Waals surface area (Å²) in [4.78, 5) is 9.39. The van der Waals surface area contributed by atoms with E-state index in [-0.39, 0.29) is 6.10 Å². The van der Waals surface area contributed by atoms with E-state index in [1.54, 1.807) is 0 Å². The van der Waals surface area contributed by atoms with Crippen molar-refractivity contribution in [1.82, 2.24) is 9.97 Å². The second-order valence-electron chi connectivity index (χ2n) is 6.82. The Morgan fingerprint density at radius 1 is 0.964 bits per heavy atom. The Bertz CT molecular complexity index is 896. The van der Waals surface area contributed by atoms with Gasteiger partial charge in [0, 0.05) is 36.3 Å². The highest BCUT2D eigenvalue weighted by atomic mass is 35.5. The predicted octanol–water partition coefficient (Wildman–Crippen LogP) is 5.00. The van der Waals surface area contributed by atoms with Gasteiger partial charge in [0.2, 0.25) is 0 Å². The lowest BCUT2D eigenvalue weighted by molar-refractivity contribution is 0.120. The van der Waals surface area contributed by atoms with Crippen LogP contribution >= 0.6 is 11.6 Å². The molecule has 1 unspecified atom stereocenters. The van der Waals surface area contributed by atoms with Crippen molar-refractivity contribution in [3.63, 3.8) is 0 Å². The fraction of sp³-hybridized carbons (Fsp3) is 0.273. The first-order chi connectivity index (χ1) is 13.8. The van der Waals surface area contributed by atoms with Gasteiger partial charge in [0.25, 0.3) is 0 Å². The molecule has 1 aromatic heterocycles. The fourth-order valence-electron chi connectivity index (χ4n) is 3.16. The maximum atomic E-state index is 5.97. The van der Waals surface area contributed by atoms with Crippen LogP contribution in [0.3, 0.4) is 0 Å². The van der Waals surface area contributed by atoms with Crippen LogP contribution in [0.25, 0.3) is 11.4 Å². The van der Waals surface area contributed by atoms with Crippen molar-refractivity contribution in [2.24, 2.45) is 0 Å². The van der Waals surface area contributed by atoms with Gasteiger partial charge in [-0.25, -0.2) is 9.97 Å². The molecular weight excluding hydrogens is 372 g/mol. The molecule has 0 bridgehead atoms. The van der Waals surface area contributed by atoms with Gasteiger partial charge in [0.15, 0.2) is 5.82 Å². The zero-order chi connectivity index (χ0) is 19.2. The van der Waals surface area contributed by atoms with Crippen LogP contribution in [0.1, 0.15) is 18.4 Å². The molecule has 4 rings (SSSR count). The summed E-state index contributed by atoms with van der Waals surface area (Å²) in [6, 6.07) is 19.7. The summed E-state index contributed by atoms with van der Waals surface area (Å²) in [6.45, 7) is 2.26. The largest absolute Gasteiger partial charge is 0.376 e. The van der Waals surface area contributed by atoms with Gasteiger partial charge in [-0.15, -0.1) is 0 Å². The number of nitrogens with zero attached hydrogens (tertiary/aromatic N) is 2. The highest BCUT2D eigenvalue weighted by Crippen LogP contribution is 2.21. The number of nitrogens with one attached hydrogen (secondary N) is 2. The molecule has 144 valence electrons. The number of hydrogen-bond acceptors (Lipinski definition) is 5. The Morgan fingerprint density at radius 2 is 1.71 bits per heavy atom. The van der Waals surface area contributed by atoms with Crippen molar-refractivity contribution in [2.75, 3.05) is 23.8 Å². The van der Waals surface area contributed by atoms with Crippen molar-refractivity contribution in [3.8, 4) is 11.4 Å². The summed E-state index contributed by atoms with van der Waals surface area (Å²) >= 11 is 5.97. The average molecular weight is 395 g/mol. The second kappa shape index (κ2) is 9.04. The van der Waals surface area contributed by atoms with Gasteiger partial charge in [0.1, 0.15) is 11.6 Å². The normalized spacial score (nSPS) is 16.1. The van der Waals surface area contributed by atoms with E-state index >= 15 is 0 Å². The Morgan fingerprint density at radius 3 is 2.43 bits per heavy atom. The Hall–Kier alpha value is -2.63. The number of halogens is 1. The average Bonchev–Trinajstić information content (AvgIpc) is 3.26. The van der Waals surface area contributed by atoms with Crippen molar-refractivity contribution < 1.29 is 4.74 Å². The van der Waals surface area contributed by atoms with E-state index in [0.29, 0.717) is 12.4 Å². The van der Waals surface area contributed by atoms with Crippen LogP contribution in [-0.4, -0.2) is 29.2 Å². The van der Waals surface area contributed by atoms with E-state index in [2.05, 4.69) is 10.6 Å². The third kappa shape index (κ3) is 5.00. The first-order valence-corrected chi connectivity index (χ1v) is 9.92. The molecule has 0 aliphatic carbocycles. The van der Waals surface area contributed by atoms with Crippen LogP contribution in [-0.2, 0) is 11.3 Å². The molecule has 2 N–H and O–H groups in total. The number of anilines is 2. The molecule has 3 aromatic rings. The Labute approximate surface area is 170 Å². The monoisotopic (exact) mass is 394 g/mol. The summed E-state index contributed by atoms with van der Waals surface area (Å²) in [5, 5.41) is 7.54. The van der Waals surface area contributed by atoms with Crippen molar-refractivity contribution in [1.29, 1.82) is 0 Å². The van der Waals surface area contributed by atoms with Crippen molar-refractivity contribution >= 4 is 23.2 Å². The predicted molar refractivity (Wildman–Crippen MR) is 114 cm³/mol. The number of rotatable bonds is 7. The lowest BCUT2D eigenvalue weighted by atomic mass is 10.2. The minimum absolute atomic E-state index is 0.251. The third-order valence-corrected chi connectivity index (χ3v) is 4.93. The number of hydrogen-bond donors (Lipinski definition) is 2. The molecule has 1 aliphatic heterocycles. The van der Waals surface area contributed by atoms with E-state index in [0.717, 1.165) is 53.8 Å². The van der Waals surface area contributed by atoms with E-state index in [1.807, 2.05) is 60.7 Å². The Balaban J connectivity index is 1.53. The van der Waals surface area contributed by atoms with E-state index in [1.165, 1.54) is 0 Å². The lowest BCUT2D eigenvalue weighted by Gasteiger charge is -2.14. The minimum atomic E-state index is 0.251. The zero-order valence-corrected chi connectivity index (χ0v) is 16.3. The first-order valence-electron chi connectivity index (χ1n) is 9.54. The molecule has 1 saturated heterocycles. The third-order valence-electron chi connectivity index (χ3n) is 4.68. The van der Waals surface area contributed by atoms with Crippen LogP contribution in [0.4, 0.5) is 11.6 Å². The van der Waals surface area contributed by atoms with Gasteiger partial charge in [-0.05, 0) is 30.5 Å². The second-order valence-corrected chi connectivity index (χ2v) is 7.26. The van der Waals surface area contributed by atoms with Crippen LogP contribution < -0.4 is 10.6 Å². The van der Waals surface area contributed by atoms with Gasteiger partial charge in [0.05, 0.1) is 6.10 Å². The van der Waals surface area contributed by atoms with Gasteiger partial charge >= 0.3 is 0 Å². The van der Waals surface area contributed by atoms with Gasteiger partial charge in [-0.3, -0.25) is 0 Å². The summed E-state index contributed by atoms with van der Waals surface area (Å²) in [7, 11) is 0. The van der Waals surface area contributed by atoms with Gasteiger partial charge in [-0.2, -0.15) is 0 Å². The Kier molecular flexibility index (Phi) is 6.04. The minimum Gasteiger partial charge on any atom is -0.376 e. The van der Waals surface area contributed by atoms with Crippen LogP contribution in [0.2, 0.25) is 5.02 Å². The maximum Gasteiger partial charge on any atom is 0.163 e. The molecule has 1 atom stereocenters. The van der Waals surface area contributed by atoms with E-state index < -0.39 is 0 Å². The number of ether oxygens (including phenoxy) is 1. The molecule has 0 radical (unpaired) electrons. The van der Waals surface area contributed by atoms with E-state index in [9.17, 15) is 0 Å². The smallest absolute Gasteiger partial charge is 0.163 e. The molecule has 0 spiro atoms. The SMILES string of the molecule is Clc1ccc(CNc2cc(NCC3CCCO3)nc(-c3ccccc3)n2)cc1. The summed E-state index contributed by atoms with van der Waals surface area (Å²) < 4.78 is 5.70. The molecule has 2 heterocycles. The molecule has 1 aliphatic rings. The lowest BCUT2D eigenvalue weighted by Crippen LogP contribution is -2.19. The summed E-state index contributed by atoms with van der Waals surface area (Å²) in [5.41, 5.74) is 2.12. The van der Waals surface area contributed by atoms with Crippen LogP contribution in [0, 0.1) is 0 Å². The molecule has 6 heteroatoms. The summed E-state index contributed by atoms with van der Waals surface area (Å²) in [5.74, 6) is 2.26. The molecule has 0 saturated carbocycles. The van der Waals surface area contributed by atoms with E-state index in [4.69, 9.17) is 26.3 Å². The highest BCUT2D eigenvalue weighted by Gasteiger charge is 2.15. The first kappa shape index (κ1) is 18.7. The van der Waals surface area contributed by atoms with Crippen LogP contribution in [0.15, 0.2) is 60.7 Å². The fourth-order valence-corrected chi connectivity index (χ4v) is 3.29.